The number of nitrogens with zero attached hydrogens (tertiary/aromatic N) is 4. The molecule has 3 aliphatic rings. The highest BCUT2D eigenvalue weighted by molar-refractivity contribution is 6.38. The summed E-state index contributed by atoms with van der Waals surface area (Å²) in [4.78, 5) is 21.6. The quantitative estimate of drug-likeness (QED) is 0.316. The maximum absolute atomic E-state index is 13.4. The monoisotopic (exact) mass is 498 g/mol. The number of amides is 1. The molecule has 5 nitrogen and oxygen atoms in total. The van der Waals surface area contributed by atoms with E-state index in [-0.39, 0.29) is 36.4 Å². The van der Waals surface area contributed by atoms with Crippen molar-refractivity contribution < 1.29 is 31.1 Å². The summed E-state index contributed by atoms with van der Waals surface area (Å²) in [6.07, 6.45) is -4.42. The zero-order valence-electron chi connectivity index (χ0n) is 19.1. The molecule has 0 saturated carbocycles. The lowest BCUT2D eigenvalue weighted by Crippen LogP contribution is -2.44. The van der Waals surface area contributed by atoms with Crippen molar-refractivity contribution in [3.8, 4) is 0 Å². The first-order chi connectivity index (χ1) is 16.4. The third kappa shape index (κ3) is 4.81. The molecule has 1 aromatic rings. The smallest absolute Gasteiger partial charge is 0.370 e. The number of carbonyl (C=O) groups excluding carboxylic acids is 1. The van der Waals surface area contributed by atoms with E-state index in [2.05, 4.69) is 4.99 Å². The number of anilines is 1. The van der Waals surface area contributed by atoms with Crippen molar-refractivity contribution in [3.05, 3.63) is 65.5 Å². The van der Waals surface area contributed by atoms with Crippen LogP contribution in [0.25, 0.3) is 0 Å². The van der Waals surface area contributed by atoms with E-state index >= 15 is 0 Å². The summed E-state index contributed by atoms with van der Waals surface area (Å²) in [7, 11) is 1.34. The number of hydrogen-bond acceptors (Lipinski definition) is 3. The summed E-state index contributed by atoms with van der Waals surface area (Å²) >= 11 is 0. The van der Waals surface area contributed by atoms with Gasteiger partial charge >= 0.3 is 12.4 Å². The van der Waals surface area contributed by atoms with Gasteiger partial charge in [-0.05, 0) is 31.2 Å². The Labute approximate surface area is 198 Å². The molecule has 1 aromatic carbocycles. The molecule has 188 valence electrons. The van der Waals surface area contributed by atoms with Crippen LogP contribution in [0, 0.1) is 11.8 Å². The fraction of sp³-hybridized carbons (Fsp3) is 0.417. The van der Waals surface area contributed by atoms with Gasteiger partial charge in [-0.25, -0.2) is 0 Å². The van der Waals surface area contributed by atoms with E-state index < -0.39 is 29.4 Å². The summed E-state index contributed by atoms with van der Waals surface area (Å²) in [5.74, 6) is -0.774. The highest BCUT2D eigenvalue weighted by atomic mass is 19.4. The molecule has 2 saturated heterocycles. The molecule has 2 atom stereocenters. The molecule has 2 fully saturated rings. The minimum absolute atomic E-state index is 0.0536. The molecule has 1 amide bonds. The van der Waals surface area contributed by atoms with Crippen LogP contribution in [0.15, 0.2) is 65.0 Å². The number of allylic oxidation sites excluding steroid dienone is 4. The van der Waals surface area contributed by atoms with Crippen LogP contribution in [0.2, 0.25) is 0 Å². The molecule has 0 unspecified atom stereocenters. The number of halogens is 6. The first kappa shape index (κ1) is 24.9. The highest BCUT2D eigenvalue weighted by Crippen LogP contribution is 2.41. The first-order valence-electron chi connectivity index (χ1n) is 11.0. The van der Waals surface area contributed by atoms with Crippen LogP contribution in [-0.4, -0.2) is 60.9 Å². The molecule has 4 rings (SSSR count). The van der Waals surface area contributed by atoms with Gasteiger partial charge in [0.05, 0.1) is 11.1 Å². The number of alkyl halides is 6. The molecule has 0 spiro atoms. The normalized spacial score (nSPS) is 24.3. The van der Waals surface area contributed by atoms with Crippen molar-refractivity contribution in [1.82, 2.24) is 9.80 Å². The van der Waals surface area contributed by atoms with E-state index in [4.69, 9.17) is 0 Å². The van der Waals surface area contributed by atoms with Crippen molar-refractivity contribution in [2.75, 3.05) is 38.1 Å². The number of amidine groups is 1. The van der Waals surface area contributed by atoms with E-state index in [1.54, 1.807) is 24.0 Å². The molecular weight excluding hydrogens is 474 g/mol. The Hall–Kier alpha value is -3.24. The second kappa shape index (κ2) is 9.09. The Balaban J connectivity index is 1.49. The lowest BCUT2D eigenvalue weighted by molar-refractivity contribution is -0.137. The number of aliphatic imine (C=N–C) groups is 1. The van der Waals surface area contributed by atoms with E-state index in [1.165, 1.54) is 30.2 Å². The Bertz CT molecular complexity index is 1100. The molecule has 0 N–H and O–H groups in total. The fourth-order valence-corrected chi connectivity index (χ4v) is 4.89. The van der Waals surface area contributed by atoms with Crippen molar-refractivity contribution in [1.29, 1.82) is 0 Å². The summed E-state index contributed by atoms with van der Waals surface area (Å²) in [5.41, 5.74) is -1.11. The van der Waals surface area contributed by atoms with Crippen LogP contribution >= 0.6 is 0 Å². The Kier molecular flexibility index (Phi) is 6.46. The predicted molar refractivity (Wildman–Crippen MR) is 119 cm³/mol. The minimum atomic E-state index is -4.59. The molecule has 3 aliphatic heterocycles. The van der Waals surface area contributed by atoms with Gasteiger partial charge in [0.1, 0.15) is 0 Å². The molecule has 11 heteroatoms. The molecule has 35 heavy (non-hydrogen) atoms. The van der Waals surface area contributed by atoms with Crippen molar-refractivity contribution in [2.45, 2.75) is 19.3 Å². The number of carbonyl (C=O) groups is 1. The van der Waals surface area contributed by atoms with Crippen LogP contribution in [0.5, 0.6) is 0 Å². The number of rotatable bonds is 1. The zero-order valence-corrected chi connectivity index (χ0v) is 19.1. The topological polar surface area (TPSA) is 39.2 Å². The van der Waals surface area contributed by atoms with Crippen LogP contribution < -0.4 is 4.90 Å². The van der Waals surface area contributed by atoms with Crippen LogP contribution in [0.4, 0.5) is 32.0 Å². The van der Waals surface area contributed by atoms with Gasteiger partial charge in [0.2, 0.25) is 0 Å². The Morgan fingerprint density at radius 2 is 1.60 bits per heavy atom. The van der Waals surface area contributed by atoms with Gasteiger partial charge in [0, 0.05) is 62.6 Å². The first-order valence-corrected chi connectivity index (χ1v) is 11.0. The summed E-state index contributed by atoms with van der Waals surface area (Å²) < 4.78 is 80.2. The Morgan fingerprint density at radius 3 is 2.14 bits per heavy atom. The second-order valence-electron chi connectivity index (χ2n) is 8.70. The molecule has 0 radical (unpaired) electrons. The van der Waals surface area contributed by atoms with E-state index in [0.717, 1.165) is 23.2 Å². The lowest BCUT2D eigenvalue weighted by atomic mass is 10.0. The van der Waals surface area contributed by atoms with Crippen molar-refractivity contribution in [2.24, 2.45) is 16.8 Å². The van der Waals surface area contributed by atoms with Crippen LogP contribution in [0.3, 0.4) is 0 Å². The van der Waals surface area contributed by atoms with Gasteiger partial charge in [-0.3, -0.25) is 14.7 Å². The Morgan fingerprint density at radius 1 is 0.971 bits per heavy atom. The lowest BCUT2D eigenvalue weighted by Gasteiger charge is -2.30. The number of fused-ring (bicyclic) bond motifs is 1. The fourth-order valence-electron chi connectivity index (χ4n) is 4.89. The van der Waals surface area contributed by atoms with Crippen molar-refractivity contribution in [3.63, 3.8) is 0 Å². The number of hydrogen-bond donors (Lipinski definition) is 0. The van der Waals surface area contributed by atoms with Crippen molar-refractivity contribution >= 4 is 17.4 Å². The summed E-state index contributed by atoms with van der Waals surface area (Å²) in [5, 5.41) is 0. The standard InChI is InChI=1S/C24H24F6N4O/c1-3-18-9-8-17(23(25,26)27)14-34(18)21(31-2)22(35)33-12-15-10-32(11-16(15)13-33)20-7-5-4-6-19(20)24(28,29)30/h3-9,14-16H,10-13H2,1-2H3/b18-3-,31-21?/t15-,16+. The largest absolute Gasteiger partial charge is 0.418 e. The SMILES string of the molecule is C/C=C1/C=CC(C(F)(F)F)=CN1C(=NC)C(=O)N1C[C@@H]2CN(c3ccccc3C(F)(F)F)C[C@@H]2C1. The summed E-state index contributed by atoms with van der Waals surface area (Å²) in [6.45, 7) is 2.93. The van der Waals surface area contributed by atoms with E-state index in [0.29, 0.717) is 18.8 Å². The van der Waals surface area contributed by atoms with Crippen LogP contribution in [-0.2, 0) is 11.0 Å². The highest BCUT2D eigenvalue weighted by Gasteiger charge is 2.45. The average molecular weight is 498 g/mol. The minimum Gasteiger partial charge on any atom is -0.370 e. The number of para-hydroxylation sites is 1. The molecular formula is C24H24F6N4O. The molecule has 3 heterocycles. The summed E-state index contributed by atoms with van der Waals surface area (Å²) in [6, 6.07) is 5.41. The number of benzene rings is 1. The van der Waals surface area contributed by atoms with Gasteiger partial charge in [-0.2, -0.15) is 26.3 Å². The second-order valence-corrected chi connectivity index (χ2v) is 8.70. The van der Waals surface area contributed by atoms with Crippen LogP contribution in [0.1, 0.15) is 12.5 Å². The van der Waals surface area contributed by atoms with Gasteiger partial charge < -0.3 is 9.80 Å². The third-order valence-electron chi connectivity index (χ3n) is 6.56. The molecule has 0 bridgehead atoms. The van der Waals surface area contributed by atoms with E-state index in [1.807, 2.05) is 0 Å². The molecule has 0 aromatic heterocycles. The molecule has 0 aliphatic carbocycles. The van der Waals surface area contributed by atoms with Gasteiger partial charge in [0.15, 0.2) is 5.84 Å². The van der Waals surface area contributed by atoms with Gasteiger partial charge in [-0.15, -0.1) is 0 Å². The van der Waals surface area contributed by atoms with Gasteiger partial charge in [-0.1, -0.05) is 18.2 Å². The third-order valence-corrected chi connectivity index (χ3v) is 6.56. The zero-order chi connectivity index (χ0) is 25.5. The van der Waals surface area contributed by atoms with Gasteiger partial charge in [0.25, 0.3) is 5.91 Å². The average Bonchev–Trinajstić information content (AvgIpc) is 3.38. The predicted octanol–water partition coefficient (Wildman–Crippen LogP) is 4.85. The number of likely N-dealkylation sites (tertiary alicyclic amines) is 1. The van der Waals surface area contributed by atoms with E-state index in [9.17, 15) is 31.1 Å². The maximum atomic E-state index is 13.4. The maximum Gasteiger partial charge on any atom is 0.418 e.